The molecule has 2 aromatic heterocycles. The molecular formula is C31H20N2O. The third kappa shape index (κ3) is 2.61. The highest BCUT2D eigenvalue weighted by molar-refractivity contribution is 6.10. The third-order valence-corrected chi connectivity index (χ3v) is 6.72. The summed E-state index contributed by atoms with van der Waals surface area (Å²) >= 11 is 0. The number of pyridine rings is 1. The van der Waals surface area contributed by atoms with Crippen LogP contribution in [0.15, 0.2) is 126 Å². The van der Waals surface area contributed by atoms with E-state index in [0.717, 1.165) is 49.5 Å². The largest absolute Gasteiger partial charge is 0.309 e. The number of rotatable bonds is 2. The van der Waals surface area contributed by atoms with Crippen LogP contribution in [0.25, 0.3) is 54.9 Å². The third-order valence-electron chi connectivity index (χ3n) is 6.72. The molecule has 0 saturated carbocycles. The molecule has 34 heavy (non-hydrogen) atoms. The average molecular weight is 437 g/mol. The first kappa shape index (κ1) is 18.9. The fourth-order valence-electron chi connectivity index (χ4n) is 5.24. The number of para-hydroxylation sites is 3. The molecule has 0 aliphatic carbocycles. The Hall–Kier alpha value is -4.63. The predicted molar refractivity (Wildman–Crippen MR) is 141 cm³/mol. The van der Waals surface area contributed by atoms with Gasteiger partial charge in [-0.25, -0.2) is 0 Å². The fourth-order valence-corrected chi connectivity index (χ4v) is 5.24. The number of benzene rings is 5. The van der Waals surface area contributed by atoms with Crippen molar-refractivity contribution in [3.63, 3.8) is 0 Å². The Morgan fingerprint density at radius 2 is 0.912 bits per heavy atom. The molecule has 0 radical (unpaired) electrons. The molecule has 160 valence electrons. The van der Waals surface area contributed by atoms with Gasteiger partial charge in [-0.05, 0) is 53.9 Å². The minimum absolute atomic E-state index is 0.000414. The van der Waals surface area contributed by atoms with Crippen molar-refractivity contribution < 1.29 is 0 Å². The molecular weight excluding hydrogens is 416 g/mol. The summed E-state index contributed by atoms with van der Waals surface area (Å²) in [7, 11) is 0. The standard InChI is InChI=1S/C31H20N2O/c34-31-26-15-5-4-12-23(26)24-13-6-9-17-29(24)33(31)22-18-19-30-27(20-22)25-14-7-8-16-28(25)32(30)21-10-2-1-3-11-21/h1-20H. The molecule has 3 nitrogen and oxygen atoms in total. The number of fused-ring (bicyclic) bond motifs is 6. The number of aromatic nitrogens is 2. The zero-order valence-corrected chi connectivity index (χ0v) is 18.3. The lowest BCUT2D eigenvalue weighted by Gasteiger charge is -2.14. The highest BCUT2D eigenvalue weighted by Gasteiger charge is 2.15. The van der Waals surface area contributed by atoms with E-state index in [0.29, 0.717) is 0 Å². The van der Waals surface area contributed by atoms with Gasteiger partial charge in [0.15, 0.2) is 0 Å². The lowest BCUT2D eigenvalue weighted by Crippen LogP contribution is -2.19. The average Bonchev–Trinajstić information content (AvgIpc) is 3.23. The quantitative estimate of drug-likeness (QED) is 0.262. The smallest absolute Gasteiger partial charge is 0.263 e. The minimum Gasteiger partial charge on any atom is -0.309 e. The number of nitrogens with zero attached hydrogens (tertiary/aromatic N) is 2. The molecule has 0 fully saturated rings. The molecule has 0 N–H and O–H groups in total. The van der Waals surface area contributed by atoms with E-state index in [1.165, 1.54) is 5.39 Å². The Kier molecular flexibility index (Phi) is 4.00. The van der Waals surface area contributed by atoms with Gasteiger partial charge >= 0.3 is 0 Å². The van der Waals surface area contributed by atoms with E-state index >= 15 is 0 Å². The van der Waals surface area contributed by atoms with Crippen LogP contribution < -0.4 is 5.56 Å². The van der Waals surface area contributed by atoms with E-state index in [4.69, 9.17) is 0 Å². The number of hydrogen-bond donors (Lipinski definition) is 0. The molecule has 7 aromatic rings. The molecule has 0 aliphatic heterocycles. The first-order valence-corrected chi connectivity index (χ1v) is 11.4. The summed E-state index contributed by atoms with van der Waals surface area (Å²) in [5, 5.41) is 5.08. The van der Waals surface area contributed by atoms with Crippen molar-refractivity contribution >= 4 is 43.5 Å². The Morgan fingerprint density at radius 1 is 0.382 bits per heavy atom. The van der Waals surface area contributed by atoms with Crippen molar-refractivity contribution in [2.75, 3.05) is 0 Å². The van der Waals surface area contributed by atoms with E-state index in [2.05, 4.69) is 77.4 Å². The predicted octanol–water partition coefficient (Wildman–Crippen LogP) is 7.24. The molecule has 2 heterocycles. The Bertz CT molecular complexity index is 1930. The fraction of sp³-hybridized carbons (Fsp3) is 0. The van der Waals surface area contributed by atoms with E-state index in [1.807, 2.05) is 53.1 Å². The van der Waals surface area contributed by atoms with Crippen LogP contribution in [-0.4, -0.2) is 9.13 Å². The summed E-state index contributed by atoms with van der Waals surface area (Å²) in [6, 6.07) is 41.2. The SMILES string of the molecule is O=c1c2ccccc2c2ccccc2n1-c1ccc2c(c1)c1ccccc1n2-c1ccccc1. The minimum atomic E-state index is 0.000414. The highest BCUT2D eigenvalue weighted by Crippen LogP contribution is 2.34. The van der Waals surface area contributed by atoms with Gasteiger partial charge in [-0.3, -0.25) is 9.36 Å². The Morgan fingerprint density at radius 3 is 1.65 bits per heavy atom. The van der Waals surface area contributed by atoms with Crippen LogP contribution in [0.1, 0.15) is 0 Å². The van der Waals surface area contributed by atoms with E-state index in [1.54, 1.807) is 0 Å². The molecule has 0 atom stereocenters. The summed E-state index contributed by atoms with van der Waals surface area (Å²) in [6.07, 6.45) is 0. The van der Waals surface area contributed by atoms with Gasteiger partial charge in [0.25, 0.3) is 5.56 Å². The molecule has 0 saturated heterocycles. The Balaban J connectivity index is 1.60. The maximum atomic E-state index is 13.7. The van der Waals surface area contributed by atoms with E-state index in [9.17, 15) is 4.79 Å². The van der Waals surface area contributed by atoms with Gasteiger partial charge in [-0.15, -0.1) is 0 Å². The van der Waals surface area contributed by atoms with Gasteiger partial charge in [-0.2, -0.15) is 0 Å². The van der Waals surface area contributed by atoms with Gasteiger partial charge in [0.1, 0.15) is 0 Å². The highest BCUT2D eigenvalue weighted by atomic mass is 16.1. The number of hydrogen-bond acceptors (Lipinski definition) is 1. The normalized spacial score (nSPS) is 11.6. The first-order valence-electron chi connectivity index (χ1n) is 11.4. The van der Waals surface area contributed by atoms with Crippen molar-refractivity contribution in [2.24, 2.45) is 0 Å². The maximum Gasteiger partial charge on any atom is 0.263 e. The van der Waals surface area contributed by atoms with Gasteiger partial charge in [-0.1, -0.05) is 72.8 Å². The molecule has 0 unspecified atom stereocenters. The second-order valence-electron chi connectivity index (χ2n) is 8.59. The maximum absolute atomic E-state index is 13.7. The van der Waals surface area contributed by atoms with Crippen molar-refractivity contribution in [3.8, 4) is 11.4 Å². The Labute approximate surface area is 195 Å². The van der Waals surface area contributed by atoms with E-state index < -0.39 is 0 Å². The lowest BCUT2D eigenvalue weighted by atomic mass is 10.1. The van der Waals surface area contributed by atoms with Crippen molar-refractivity contribution in [2.45, 2.75) is 0 Å². The van der Waals surface area contributed by atoms with Crippen LogP contribution >= 0.6 is 0 Å². The van der Waals surface area contributed by atoms with Crippen LogP contribution in [0.3, 0.4) is 0 Å². The monoisotopic (exact) mass is 436 g/mol. The van der Waals surface area contributed by atoms with Crippen LogP contribution in [-0.2, 0) is 0 Å². The second kappa shape index (κ2) is 7.19. The van der Waals surface area contributed by atoms with Crippen LogP contribution in [0.2, 0.25) is 0 Å². The molecule has 5 aromatic carbocycles. The van der Waals surface area contributed by atoms with Crippen LogP contribution in [0.5, 0.6) is 0 Å². The molecule has 7 rings (SSSR count). The summed E-state index contributed by atoms with van der Waals surface area (Å²) in [6.45, 7) is 0. The summed E-state index contributed by atoms with van der Waals surface area (Å²) in [5.74, 6) is 0. The topological polar surface area (TPSA) is 26.9 Å². The van der Waals surface area contributed by atoms with Gasteiger partial charge in [0.2, 0.25) is 0 Å². The molecule has 0 spiro atoms. The van der Waals surface area contributed by atoms with Gasteiger partial charge < -0.3 is 4.57 Å². The summed E-state index contributed by atoms with van der Waals surface area (Å²) < 4.78 is 4.14. The van der Waals surface area contributed by atoms with Crippen molar-refractivity contribution in [1.82, 2.24) is 9.13 Å². The zero-order valence-electron chi connectivity index (χ0n) is 18.3. The van der Waals surface area contributed by atoms with E-state index in [-0.39, 0.29) is 5.56 Å². The van der Waals surface area contributed by atoms with Crippen LogP contribution in [0, 0.1) is 0 Å². The first-order chi connectivity index (χ1) is 16.8. The molecule has 3 heteroatoms. The van der Waals surface area contributed by atoms with Crippen LogP contribution in [0.4, 0.5) is 0 Å². The molecule has 0 aliphatic rings. The lowest BCUT2D eigenvalue weighted by molar-refractivity contribution is 1.06. The van der Waals surface area contributed by atoms with Crippen molar-refractivity contribution in [1.29, 1.82) is 0 Å². The van der Waals surface area contributed by atoms with Gasteiger partial charge in [0, 0.05) is 27.2 Å². The molecule has 0 bridgehead atoms. The zero-order chi connectivity index (χ0) is 22.6. The van der Waals surface area contributed by atoms with Gasteiger partial charge in [0.05, 0.1) is 22.2 Å². The molecule has 0 amide bonds. The van der Waals surface area contributed by atoms with Crippen molar-refractivity contribution in [3.05, 3.63) is 132 Å². The second-order valence-corrected chi connectivity index (χ2v) is 8.59. The summed E-state index contributed by atoms with van der Waals surface area (Å²) in [5.41, 5.74) is 5.17. The summed E-state index contributed by atoms with van der Waals surface area (Å²) in [4.78, 5) is 13.7.